The first-order chi connectivity index (χ1) is 10.7. The van der Waals surface area contributed by atoms with Gasteiger partial charge in [-0.2, -0.15) is 0 Å². The highest BCUT2D eigenvalue weighted by Crippen LogP contribution is 2.30. The second kappa shape index (κ2) is 7.59. The normalized spacial score (nSPS) is 17.8. The zero-order valence-electron chi connectivity index (χ0n) is 11.7. The molecule has 0 saturated carbocycles. The summed E-state index contributed by atoms with van der Waals surface area (Å²) in [5.74, 6) is 0.315. The molecular weight excluding hydrogens is 345 g/mol. The van der Waals surface area contributed by atoms with Crippen molar-refractivity contribution in [3.05, 3.63) is 34.6 Å². The average molecular weight is 360 g/mol. The fraction of sp³-hybridized carbons (Fsp3) is 0.429. The van der Waals surface area contributed by atoms with Crippen LogP contribution in [-0.4, -0.2) is 29.5 Å². The number of benzene rings is 1. The zero-order chi connectivity index (χ0) is 15.4. The number of halogens is 2. The van der Waals surface area contributed by atoms with E-state index in [1.807, 2.05) is 0 Å². The highest BCUT2D eigenvalue weighted by atomic mass is 35.5. The highest BCUT2D eigenvalue weighted by Gasteiger charge is 2.16. The van der Waals surface area contributed by atoms with E-state index in [2.05, 4.69) is 15.5 Å². The summed E-state index contributed by atoms with van der Waals surface area (Å²) in [5, 5.41) is 12.7. The summed E-state index contributed by atoms with van der Waals surface area (Å²) >= 11 is 9.05. The molecule has 1 N–H and O–H groups in total. The van der Waals surface area contributed by atoms with E-state index < -0.39 is 0 Å². The number of hydrogen-bond donors (Lipinski definition) is 1. The van der Waals surface area contributed by atoms with Gasteiger partial charge >= 0.3 is 0 Å². The van der Waals surface area contributed by atoms with Crippen molar-refractivity contribution >= 4 is 39.8 Å². The summed E-state index contributed by atoms with van der Waals surface area (Å²) in [7, 11) is 0. The summed E-state index contributed by atoms with van der Waals surface area (Å²) in [6.07, 6.45) is 2.50. The van der Waals surface area contributed by atoms with E-state index in [0.717, 1.165) is 41.0 Å². The standard InChI is InChI=1S/C14H15ClFN3OS2/c15-12-6-10(16)4-3-9(12)8-21-14-19-18-13(22-14)17-7-11-2-1-5-20-11/h3-4,6,11H,1-2,5,7-8H2,(H,17,18)/t11-/m1/s1. The van der Waals surface area contributed by atoms with E-state index in [-0.39, 0.29) is 11.9 Å². The average Bonchev–Trinajstić information content (AvgIpc) is 3.16. The number of aromatic nitrogens is 2. The zero-order valence-corrected chi connectivity index (χ0v) is 14.1. The number of anilines is 1. The molecule has 0 aliphatic carbocycles. The van der Waals surface area contributed by atoms with Gasteiger partial charge in [0.05, 0.1) is 6.10 Å². The molecule has 8 heteroatoms. The van der Waals surface area contributed by atoms with Crippen LogP contribution in [0.15, 0.2) is 22.5 Å². The number of thioether (sulfide) groups is 1. The third-order valence-electron chi connectivity index (χ3n) is 3.28. The van der Waals surface area contributed by atoms with Crippen molar-refractivity contribution in [2.75, 3.05) is 18.5 Å². The Labute approximate surface area is 141 Å². The lowest BCUT2D eigenvalue weighted by Crippen LogP contribution is -2.18. The van der Waals surface area contributed by atoms with E-state index >= 15 is 0 Å². The highest BCUT2D eigenvalue weighted by molar-refractivity contribution is 8.00. The number of ether oxygens (including phenoxy) is 1. The molecule has 1 fully saturated rings. The lowest BCUT2D eigenvalue weighted by molar-refractivity contribution is 0.120. The van der Waals surface area contributed by atoms with Crippen LogP contribution in [0.3, 0.4) is 0 Å². The second-order valence-corrected chi connectivity index (χ2v) is 7.52. The van der Waals surface area contributed by atoms with Crippen molar-refractivity contribution in [3.8, 4) is 0 Å². The van der Waals surface area contributed by atoms with Crippen LogP contribution in [-0.2, 0) is 10.5 Å². The lowest BCUT2D eigenvalue weighted by atomic mass is 10.2. The molecule has 0 spiro atoms. The third-order valence-corrected chi connectivity index (χ3v) is 5.69. The molecule has 1 aliphatic heterocycles. The maximum absolute atomic E-state index is 13.0. The Balaban J connectivity index is 1.50. The van der Waals surface area contributed by atoms with E-state index in [9.17, 15) is 4.39 Å². The van der Waals surface area contributed by atoms with Gasteiger partial charge in [-0.15, -0.1) is 10.2 Å². The SMILES string of the molecule is Fc1ccc(CSc2nnc(NC[C@H]3CCCO3)s2)c(Cl)c1. The van der Waals surface area contributed by atoms with Crippen molar-refractivity contribution < 1.29 is 9.13 Å². The van der Waals surface area contributed by atoms with Gasteiger partial charge in [0.15, 0.2) is 4.34 Å². The molecule has 0 radical (unpaired) electrons. The minimum absolute atomic E-state index is 0.276. The maximum atomic E-state index is 13.0. The molecule has 1 atom stereocenters. The largest absolute Gasteiger partial charge is 0.376 e. The molecule has 0 bridgehead atoms. The summed E-state index contributed by atoms with van der Waals surface area (Å²) in [6, 6.07) is 4.44. The fourth-order valence-corrected chi connectivity index (χ4v) is 4.20. The van der Waals surface area contributed by atoms with Gasteiger partial charge in [-0.25, -0.2) is 4.39 Å². The molecule has 4 nitrogen and oxygen atoms in total. The van der Waals surface area contributed by atoms with Gasteiger partial charge in [0.25, 0.3) is 0 Å². The molecule has 118 valence electrons. The number of nitrogens with one attached hydrogen (secondary N) is 1. The molecular formula is C14H15ClFN3OS2. The molecule has 2 aromatic rings. The van der Waals surface area contributed by atoms with Gasteiger partial charge < -0.3 is 10.1 Å². The topological polar surface area (TPSA) is 47.0 Å². The van der Waals surface area contributed by atoms with E-state index in [4.69, 9.17) is 16.3 Å². The van der Waals surface area contributed by atoms with Gasteiger partial charge in [0.1, 0.15) is 5.82 Å². The Morgan fingerprint density at radius 2 is 2.36 bits per heavy atom. The molecule has 0 amide bonds. The third kappa shape index (κ3) is 4.32. The van der Waals surface area contributed by atoms with Crippen molar-refractivity contribution in [1.29, 1.82) is 0 Å². The fourth-order valence-electron chi connectivity index (χ4n) is 2.12. The van der Waals surface area contributed by atoms with Crippen LogP contribution >= 0.6 is 34.7 Å². The Hall–Kier alpha value is -0.890. The molecule has 3 rings (SSSR count). The van der Waals surface area contributed by atoms with E-state index in [1.54, 1.807) is 6.07 Å². The molecule has 2 heterocycles. The van der Waals surface area contributed by atoms with Crippen LogP contribution in [0, 0.1) is 5.82 Å². The van der Waals surface area contributed by atoms with Gasteiger partial charge in [0, 0.05) is 23.9 Å². The van der Waals surface area contributed by atoms with Crippen LogP contribution < -0.4 is 5.32 Å². The first-order valence-corrected chi connectivity index (χ1v) is 9.14. The van der Waals surface area contributed by atoms with Gasteiger partial charge in [-0.3, -0.25) is 0 Å². The van der Waals surface area contributed by atoms with E-state index in [1.165, 1.54) is 35.2 Å². The van der Waals surface area contributed by atoms with Crippen LogP contribution in [0.5, 0.6) is 0 Å². The predicted octanol–water partition coefficient (Wildman–Crippen LogP) is 4.21. The Morgan fingerprint density at radius 3 is 3.14 bits per heavy atom. The van der Waals surface area contributed by atoms with Crippen LogP contribution in [0.1, 0.15) is 18.4 Å². The van der Waals surface area contributed by atoms with Crippen LogP contribution in [0.25, 0.3) is 0 Å². The monoisotopic (exact) mass is 359 g/mol. The predicted molar refractivity (Wildman–Crippen MR) is 88.3 cm³/mol. The van der Waals surface area contributed by atoms with E-state index in [0.29, 0.717) is 10.8 Å². The molecule has 1 saturated heterocycles. The lowest BCUT2D eigenvalue weighted by Gasteiger charge is -2.08. The van der Waals surface area contributed by atoms with Crippen LogP contribution in [0.4, 0.5) is 9.52 Å². The van der Waals surface area contributed by atoms with Crippen LogP contribution in [0.2, 0.25) is 5.02 Å². The number of nitrogens with zero attached hydrogens (tertiary/aromatic N) is 2. The van der Waals surface area contributed by atoms with Crippen molar-refractivity contribution in [1.82, 2.24) is 10.2 Å². The molecule has 0 unspecified atom stereocenters. The summed E-state index contributed by atoms with van der Waals surface area (Å²) in [5.41, 5.74) is 0.886. The Morgan fingerprint density at radius 1 is 1.45 bits per heavy atom. The van der Waals surface area contributed by atoms with Crippen molar-refractivity contribution in [2.24, 2.45) is 0 Å². The van der Waals surface area contributed by atoms with Gasteiger partial charge in [-0.1, -0.05) is 40.8 Å². The summed E-state index contributed by atoms with van der Waals surface area (Å²) in [4.78, 5) is 0. The Kier molecular flexibility index (Phi) is 5.51. The van der Waals surface area contributed by atoms with Crippen molar-refractivity contribution in [3.63, 3.8) is 0 Å². The smallest absolute Gasteiger partial charge is 0.206 e. The first-order valence-electron chi connectivity index (χ1n) is 6.96. The summed E-state index contributed by atoms with van der Waals surface area (Å²) < 4.78 is 19.4. The first kappa shape index (κ1) is 16.0. The molecule has 1 aliphatic rings. The number of rotatable bonds is 6. The maximum Gasteiger partial charge on any atom is 0.206 e. The Bertz CT molecular complexity index is 634. The second-order valence-electron chi connectivity index (χ2n) is 4.91. The number of hydrogen-bond acceptors (Lipinski definition) is 6. The quantitative estimate of drug-likeness (QED) is 0.783. The molecule has 1 aromatic carbocycles. The van der Waals surface area contributed by atoms with Gasteiger partial charge in [0.2, 0.25) is 5.13 Å². The molecule has 22 heavy (non-hydrogen) atoms. The minimum atomic E-state index is -0.324. The molecule has 1 aromatic heterocycles. The van der Waals surface area contributed by atoms with Gasteiger partial charge in [-0.05, 0) is 30.5 Å². The van der Waals surface area contributed by atoms with Crippen molar-refractivity contribution in [2.45, 2.75) is 29.0 Å². The minimum Gasteiger partial charge on any atom is -0.376 e. The summed E-state index contributed by atoms with van der Waals surface area (Å²) in [6.45, 7) is 1.62.